The molecule has 15 heavy (non-hydrogen) atoms. The fraction of sp³-hybridized carbons (Fsp3) is 0.455. The first-order chi connectivity index (χ1) is 7.40. The van der Waals surface area contributed by atoms with Crippen LogP contribution in [0.2, 0.25) is 0 Å². The number of nitrogens with zero attached hydrogens (tertiary/aromatic N) is 2. The van der Waals surface area contributed by atoms with Gasteiger partial charge in [-0.1, -0.05) is 6.08 Å². The van der Waals surface area contributed by atoms with E-state index in [1.54, 1.807) is 12.4 Å². The third kappa shape index (κ3) is 2.53. The van der Waals surface area contributed by atoms with Crippen LogP contribution in [0.1, 0.15) is 19.2 Å². The fourth-order valence-corrected chi connectivity index (χ4v) is 1.55. The summed E-state index contributed by atoms with van der Waals surface area (Å²) in [6.07, 6.45) is 6.59. The van der Waals surface area contributed by atoms with Crippen molar-refractivity contribution < 1.29 is 4.74 Å². The van der Waals surface area contributed by atoms with Crippen molar-refractivity contribution in [3.63, 3.8) is 0 Å². The molecular formula is C11H15N3O. The Bertz CT molecular complexity index is 345. The van der Waals surface area contributed by atoms with Crippen LogP contribution in [0.3, 0.4) is 0 Å². The zero-order valence-corrected chi connectivity index (χ0v) is 8.86. The summed E-state index contributed by atoms with van der Waals surface area (Å²) in [7, 11) is 0. The Morgan fingerprint density at radius 3 is 2.80 bits per heavy atom. The first kappa shape index (κ1) is 10.1. The molecule has 0 fully saturated rings. The van der Waals surface area contributed by atoms with Gasteiger partial charge in [0.1, 0.15) is 0 Å². The summed E-state index contributed by atoms with van der Waals surface area (Å²) >= 11 is 0. The summed E-state index contributed by atoms with van der Waals surface area (Å²) in [5.74, 6) is 1.55. The van der Waals surface area contributed by atoms with Crippen molar-refractivity contribution in [2.45, 2.75) is 13.3 Å². The van der Waals surface area contributed by atoms with Gasteiger partial charge in [-0.15, -0.1) is 0 Å². The van der Waals surface area contributed by atoms with Crippen LogP contribution in [0.4, 0.5) is 0 Å². The van der Waals surface area contributed by atoms with Crippen LogP contribution < -0.4 is 10.1 Å². The van der Waals surface area contributed by atoms with E-state index in [0.29, 0.717) is 6.61 Å². The minimum Gasteiger partial charge on any atom is -0.491 e. The molecular weight excluding hydrogens is 190 g/mol. The molecule has 0 saturated carbocycles. The van der Waals surface area contributed by atoms with Crippen LogP contribution in [0.5, 0.6) is 5.75 Å². The van der Waals surface area contributed by atoms with Crippen LogP contribution in [0.25, 0.3) is 5.57 Å². The van der Waals surface area contributed by atoms with Crippen LogP contribution >= 0.6 is 0 Å². The van der Waals surface area contributed by atoms with E-state index in [9.17, 15) is 0 Å². The van der Waals surface area contributed by atoms with Gasteiger partial charge >= 0.3 is 0 Å². The van der Waals surface area contributed by atoms with Gasteiger partial charge in [-0.25, -0.2) is 9.97 Å². The quantitative estimate of drug-likeness (QED) is 0.806. The Morgan fingerprint density at radius 1 is 1.40 bits per heavy atom. The van der Waals surface area contributed by atoms with Gasteiger partial charge in [0, 0.05) is 6.54 Å². The first-order valence-corrected chi connectivity index (χ1v) is 5.25. The first-order valence-electron chi connectivity index (χ1n) is 5.25. The summed E-state index contributed by atoms with van der Waals surface area (Å²) in [5.41, 5.74) is 1.22. The molecule has 0 atom stereocenters. The molecule has 0 bridgehead atoms. The molecule has 1 aromatic heterocycles. The summed E-state index contributed by atoms with van der Waals surface area (Å²) in [6, 6.07) is 0. The molecule has 0 saturated heterocycles. The number of hydrogen-bond acceptors (Lipinski definition) is 4. The predicted octanol–water partition coefficient (Wildman–Crippen LogP) is 1.25. The van der Waals surface area contributed by atoms with E-state index in [-0.39, 0.29) is 0 Å². The highest BCUT2D eigenvalue weighted by Crippen LogP contribution is 2.16. The molecule has 2 heterocycles. The van der Waals surface area contributed by atoms with Gasteiger partial charge in [0.2, 0.25) is 0 Å². The average molecular weight is 205 g/mol. The Kier molecular flexibility index (Phi) is 3.29. The number of ether oxygens (including phenoxy) is 1. The van der Waals surface area contributed by atoms with Crippen molar-refractivity contribution in [3.05, 3.63) is 24.3 Å². The molecule has 4 heteroatoms. The van der Waals surface area contributed by atoms with Gasteiger partial charge in [0.15, 0.2) is 11.6 Å². The van der Waals surface area contributed by atoms with E-state index in [1.165, 1.54) is 5.57 Å². The van der Waals surface area contributed by atoms with Crippen molar-refractivity contribution in [3.8, 4) is 5.75 Å². The van der Waals surface area contributed by atoms with Crippen LogP contribution in [0.15, 0.2) is 18.5 Å². The van der Waals surface area contributed by atoms with Gasteiger partial charge in [0.25, 0.3) is 0 Å². The van der Waals surface area contributed by atoms with E-state index in [4.69, 9.17) is 4.74 Å². The molecule has 0 radical (unpaired) electrons. The molecule has 0 unspecified atom stereocenters. The van der Waals surface area contributed by atoms with Crippen molar-refractivity contribution in [1.29, 1.82) is 0 Å². The van der Waals surface area contributed by atoms with Gasteiger partial charge in [-0.3, -0.25) is 0 Å². The molecule has 1 aliphatic rings. The summed E-state index contributed by atoms with van der Waals surface area (Å²) in [5, 5.41) is 3.26. The maximum absolute atomic E-state index is 5.29. The van der Waals surface area contributed by atoms with Gasteiger partial charge in [-0.05, 0) is 25.5 Å². The molecule has 4 nitrogen and oxygen atoms in total. The Hall–Kier alpha value is -1.42. The Balaban J connectivity index is 2.12. The molecule has 1 aromatic rings. The number of rotatable bonds is 3. The number of nitrogens with one attached hydrogen (secondary N) is 1. The maximum atomic E-state index is 5.29. The molecule has 80 valence electrons. The predicted molar refractivity (Wildman–Crippen MR) is 58.7 cm³/mol. The smallest absolute Gasteiger partial charge is 0.155 e. The molecule has 0 aliphatic carbocycles. The maximum Gasteiger partial charge on any atom is 0.155 e. The lowest BCUT2D eigenvalue weighted by Gasteiger charge is -2.12. The SMILES string of the molecule is CCOc1cnc(C2=CCNCC2)nc1. The normalized spacial score (nSPS) is 15.9. The second-order valence-electron chi connectivity index (χ2n) is 3.36. The lowest BCUT2D eigenvalue weighted by atomic mass is 10.1. The molecule has 1 N–H and O–H groups in total. The summed E-state index contributed by atoms with van der Waals surface area (Å²) in [6.45, 7) is 4.51. The van der Waals surface area contributed by atoms with Crippen molar-refractivity contribution in [2.24, 2.45) is 0 Å². The second-order valence-corrected chi connectivity index (χ2v) is 3.36. The Labute approximate surface area is 89.4 Å². The van der Waals surface area contributed by atoms with Gasteiger partial charge in [-0.2, -0.15) is 0 Å². The van der Waals surface area contributed by atoms with Crippen LogP contribution in [0, 0.1) is 0 Å². The van der Waals surface area contributed by atoms with Crippen molar-refractivity contribution in [1.82, 2.24) is 15.3 Å². The lowest BCUT2D eigenvalue weighted by molar-refractivity contribution is 0.337. The Morgan fingerprint density at radius 2 is 2.20 bits per heavy atom. The minimum absolute atomic E-state index is 0.648. The average Bonchev–Trinajstić information content (AvgIpc) is 2.32. The summed E-state index contributed by atoms with van der Waals surface area (Å²) < 4.78 is 5.29. The summed E-state index contributed by atoms with van der Waals surface area (Å²) in [4.78, 5) is 8.58. The van der Waals surface area contributed by atoms with Gasteiger partial charge in [0.05, 0.1) is 19.0 Å². The van der Waals surface area contributed by atoms with Crippen LogP contribution in [-0.4, -0.2) is 29.7 Å². The molecule has 0 spiro atoms. The third-order valence-corrected chi connectivity index (χ3v) is 2.29. The van der Waals surface area contributed by atoms with Crippen LogP contribution in [-0.2, 0) is 0 Å². The topological polar surface area (TPSA) is 47.0 Å². The van der Waals surface area contributed by atoms with E-state index in [2.05, 4.69) is 21.4 Å². The fourth-order valence-electron chi connectivity index (χ4n) is 1.55. The highest BCUT2D eigenvalue weighted by molar-refractivity contribution is 5.60. The van der Waals surface area contributed by atoms with Crippen molar-refractivity contribution in [2.75, 3.05) is 19.7 Å². The highest BCUT2D eigenvalue weighted by atomic mass is 16.5. The highest BCUT2D eigenvalue weighted by Gasteiger charge is 2.08. The zero-order valence-electron chi connectivity index (χ0n) is 8.86. The van der Waals surface area contributed by atoms with E-state index in [1.807, 2.05) is 6.92 Å². The number of aromatic nitrogens is 2. The third-order valence-electron chi connectivity index (χ3n) is 2.29. The lowest BCUT2D eigenvalue weighted by Crippen LogP contribution is -2.20. The van der Waals surface area contributed by atoms with E-state index >= 15 is 0 Å². The van der Waals surface area contributed by atoms with Crippen molar-refractivity contribution >= 4 is 5.57 Å². The van der Waals surface area contributed by atoms with E-state index < -0.39 is 0 Å². The second kappa shape index (κ2) is 4.89. The largest absolute Gasteiger partial charge is 0.491 e. The molecule has 0 amide bonds. The molecule has 0 aromatic carbocycles. The standard InChI is InChI=1S/C11H15N3O/c1-2-15-10-7-13-11(14-8-10)9-3-5-12-6-4-9/h3,7-8,12H,2,4-6H2,1H3. The monoisotopic (exact) mass is 205 g/mol. The number of hydrogen-bond donors (Lipinski definition) is 1. The van der Waals surface area contributed by atoms with Gasteiger partial charge < -0.3 is 10.1 Å². The molecule has 1 aliphatic heterocycles. The zero-order chi connectivity index (χ0) is 10.5. The minimum atomic E-state index is 0.648. The van der Waals surface area contributed by atoms with E-state index in [0.717, 1.165) is 31.1 Å². The molecule has 2 rings (SSSR count).